The van der Waals surface area contributed by atoms with Crippen molar-refractivity contribution in [3.05, 3.63) is 30.5 Å². The number of anilines is 1. The lowest BCUT2D eigenvalue weighted by atomic mass is 10.2. The van der Waals surface area contributed by atoms with E-state index in [2.05, 4.69) is 5.32 Å². The Bertz CT molecular complexity index is 394. The molecule has 1 heterocycles. The molecule has 2 aromatic rings. The van der Waals surface area contributed by atoms with E-state index in [0.717, 1.165) is 16.7 Å². The lowest BCUT2D eigenvalue weighted by molar-refractivity contribution is 0.311. The summed E-state index contributed by atoms with van der Waals surface area (Å²) in [5, 5.41) is 12.8. The van der Waals surface area contributed by atoms with Crippen molar-refractivity contribution in [3.63, 3.8) is 0 Å². The monoisotopic (exact) mass is 177 g/mol. The van der Waals surface area contributed by atoms with Crippen molar-refractivity contribution in [1.29, 1.82) is 0 Å². The molecule has 13 heavy (non-hydrogen) atoms. The van der Waals surface area contributed by atoms with Gasteiger partial charge >= 0.3 is 0 Å². The van der Waals surface area contributed by atoms with E-state index in [1.54, 1.807) is 6.26 Å². The molecular weight excluding hydrogens is 166 g/mol. The van der Waals surface area contributed by atoms with E-state index in [1.165, 1.54) is 0 Å². The molecule has 0 unspecified atom stereocenters. The summed E-state index contributed by atoms with van der Waals surface area (Å²) >= 11 is 0. The van der Waals surface area contributed by atoms with Crippen LogP contribution in [-0.4, -0.2) is 18.3 Å². The first-order chi connectivity index (χ1) is 6.42. The minimum absolute atomic E-state index is 0.125. The lowest BCUT2D eigenvalue weighted by Crippen LogP contribution is -2.04. The number of rotatable bonds is 3. The number of fused-ring (bicyclic) bond motifs is 1. The first-order valence-electron chi connectivity index (χ1n) is 4.23. The Morgan fingerprint density at radius 2 is 2.15 bits per heavy atom. The highest BCUT2D eigenvalue weighted by Gasteiger charge is 2.02. The van der Waals surface area contributed by atoms with Gasteiger partial charge in [0, 0.05) is 11.9 Å². The number of para-hydroxylation sites is 1. The molecule has 0 bridgehead atoms. The first-order valence-corrected chi connectivity index (χ1v) is 4.23. The Hall–Kier alpha value is -1.48. The van der Waals surface area contributed by atoms with Crippen LogP contribution in [-0.2, 0) is 0 Å². The molecule has 0 spiro atoms. The molecule has 3 nitrogen and oxygen atoms in total. The van der Waals surface area contributed by atoms with Crippen LogP contribution in [0, 0.1) is 0 Å². The van der Waals surface area contributed by atoms with Gasteiger partial charge in [0.1, 0.15) is 11.8 Å². The number of hydrogen-bond donors (Lipinski definition) is 2. The molecular formula is C10H11NO2. The minimum Gasteiger partial charge on any atom is -0.462 e. The maximum atomic E-state index is 8.64. The molecule has 2 N–H and O–H groups in total. The van der Waals surface area contributed by atoms with Gasteiger partial charge in [-0.2, -0.15) is 0 Å². The summed E-state index contributed by atoms with van der Waals surface area (Å²) < 4.78 is 5.30. The van der Waals surface area contributed by atoms with Crippen LogP contribution in [0.25, 0.3) is 11.0 Å². The standard InChI is InChI=1S/C10H11NO2/c12-6-5-11-9-7-13-10-4-2-1-3-8(9)10/h1-4,7,11-12H,5-6H2. The number of aliphatic hydroxyl groups is 1. The van der Waals surface area contributed by atoms with Crippen molar-refractivity contribution in [2.75, 3.05) is 18.5 Å². The van der Waals surface area contributed by atoms with Gasteiger partial charge in [-0.05, 0) is 12.1 Å². The number of furan rings is 1. The van der Waals surface area contributed by atoms with Crippen LogP contribution >= 0.6 is 0 Å². The van der Waals surface area contributed by atoms with Crippen LogP contribution in [0.2, 0.25) is 0 Å². The summed E-state index contributed by atoms with van der Waals surface area (Å²) in [5.41, 5.74) is 1.80. The van der Waals surface area contributed by atoms with Gasteiger partial charge in [0.15, 0.2) is 0 Å². The third-order valence-electron chi connectivity index (χ3n) is 1.91. The lowest BCUT2D eigenvalue weighted by Gasteiger charge is -1.99. The third-order valence-corrected chi connectivity index (χ3v) is 1.91. The van der Waals surface area contributed by atoms with Crippen LogP contribution in [0.15, 0.2) is 34.9 Å². The molecule has 3 heteroatoms. The average molecular weight is 177 g/mol. The van der Waals surface area contributed by atoms with Gasteiger partial charge in [-0.3, -0.25) is 0 Å². The molecule has 0 amide bonds. The summed E-state index contributed by atoms with van der Waals surface area (Å²) in [6.45, 7) is 0.670. The molecule has 0 fully saturated rings. The highest BCUT2D eigenvalue weighted by molar-refractivity contribution is 5.90. The zero-order chi connectivity index (χ0) is 9.10. The van der Waals surface area contributed by atoms with Crippen LogP contribution < -0.4 is 5.32 Å². The van der Waals surface area contributed by atoms with E-state index in [4.69, 9.17) is 9.52 Å². The molecule has 0 aliphatic heterocycles. The van der Waals surface area contributed by atoms with Gasteiger partial charge in [0.25, 0.3) is 0 Å². The molecule has 0 aliphatic carbocycles. The maximum Gasteiger partial charge on any atom is 0.136 e. The van der Waals surface area contributed by atoms with Crippen molar-refractivity contribution >= 4 is 16.7 Å². The molecule has 2 rings (SSSR count). The normalized spacial score (nSPS) is 10.5. The average Bonchev–Trinajstić information content (AvgIpc) is 2.58. The Kier molecular flexibility index (Phi) is 2.19. The largest absolute Gasteiger partial charge is 0.462 e. The minimum atomic E-state index is 0.125. The number of nitrogens with one attached hydrogen (secondary N) is 1. The van der Waals surface area contributed by atoms with Crippen LogP contribution in [0.4, 0.5) is 5.69 Å². The van der Waals surface area contributed by atoms with E-state index >= 15 is 0 Å². The second-order valence-electron chi connectivity index (χ2n) is 2.80. The topological polar surface area (TPSA) is 45.4 Å². The molecule has 0 saturated heterocycles. The van der Waals surface area contributed by atoms with Gasteiger partial charge in [-0.1, -0.05) is 12.1 Å². The molecule has 0 radical (unpaired) electrons. The highest BCUT2D eigenvalue weighted by Crippen LogP contribution is 2.24. The van der Waals surface area contributed by atoms with E-state index in [9.17, 15) is 0 Å². The van der Waals surface area contributed by atoms with Gasteiger partial charge in [0.2, 0.25) is 0 Å². The number of hydrogen-bond acceptors (Lipinski definition) is 3. The van der Waals surface area contributed by atoms with Crippen molar-refractivity contribution in [3.8, 4) is 0 Å². The smallest absolute Gasteiger partial charge is 0.136 e. The predicted octanol–water partition coefficient (Wildman–Crippen LogP) is 1.84. The Labute approximate surface area is 76.0 Å². The third kappa shape index (κ3) is 1.51. The number of aliphatic hydroxyl groups excluding tert-OH is 1. The molecule has 0 aliphatic rings. The summed E-state index contributed by atoms with van der Waals surface area (Å²) in [4.78, 5) is 0. The van der Waals surface area contributed by atoms with Gasteiger partial charge in [-0.25, -0.2) is 0 Å². The van der Waals surface area contributed by atoms with Crippen molar-refractivity contribution in [2.45, 2.75) is 0 Å². The van der Waals surface area contributed by atoms with Crippen LogP contribution in [0.3, 0.4) is 0 Å². The van der Waals surface area contributed by atoms with Gasteiger partial charge < -0.3 is 14.8 Å². The van der Waals surface area contributed by atoms with E-state index in [1.807, 2.05) is 24.3 Å². The predicted molar refractivity (Wildman–Crippen MR) is 51.8 cm³/mol. The molecule has 0 saturated carbocycles. The molecule has 0 atom stereocenters. The summed E-state index contributed by atoms with van der Waals surface area (Å²) in [7, 11) is 0. The molecule has 1 aromatic carbocycles. The fraction of sp³-hybridized carbons (Fsp3) is 0.200. The van der Waals surface area contributed by atoms with E-state index in [0.29, 0.717) is 6.54 Å². The molecule has 1 aromatic heterocycles. The first kappa shape index (κ1) is 8.13. The van der Waals surface area contributed by atoms with E-state index < -0.39 is 0 Å². The van der Waals surface area contributed by atoms with E-state index in [-0.39, 0.29) is 6.61 Å². The summed E-state index contributed by atoms with van der Waals surface area (Å²) in [5.74, 6) is 0. The Morgan fingerprint density at radius 1 is 1.31 bits per heavy atom. The second kappa shape index (κ2) is 3.49. The summed E-state index contributed by atoms with van der Waals surface area (Å²) in [6.07, 6.45) is 1.67. The quantitative estimate of drug-likeness (QED) is 0.751. The van der Waals surface area contributed by atoms with Crippen LogP contribution in [0.1, 0.15) is 0 Å². The van der Waals surface area contributed by atoms with Gasteiger partial charge in [0.05, 0.1) is 12.3 Å². The fourth-order valence-corrected chi connectivity index (χ4v) is 1.31. The second-order valence-corrected chi connectivity index (χ2v) is 2.80. The van der Waals surface area contributed by atoms with Gasteiger partial charge in [-0.15, -0.1) is 0 Å². The Balaban J connectivity index is 2.35. The zero-order valence-corrected chi connectivity index (χ0v) is 7.16. The molecule has 68 valence electrons. The fourth-order valence-electron chi connectivity index (χ4n) is 1.31. The van der Waals surface area contributed by atoms with Crippen molar-refractivity contribution in [2.24, 2.45) is 0 Å². The van der Waals surface area contributed by atoms with Crippen molar-refractivity contribution < 1.29 is 9.52 Å². The van der Waals surface area contributed by atoms with Crippen LogP contribution in [0.5, 0.6) is 0 Å². The van der Waals surface area contributed by atoms with Crippen molar-refractivity contribution in [1.82, 2.24) is 0 Å². The Morgan fingerprint density at radius 3 is 3.00 bits per heavy atom. The maximum absolute atomic E-state index is 8.64. The number of benzene rings is 1. The SMILES string of the molecule is OCCNc1coc2ccccc12. The summed E-state index contributed by atoms with van der Waals surface area (Å²) in [6, 6.07) is 7.79. The highest BCUT2D eigenvalue weighted by atomic mass is 16.3. The zero-order valence-electron chi connectivity index (χ0n) is 7.16.